The smallest absolute Gasteiger partial charge is 0.258 e. The number of nitrogens with zero attached hydrogens (tertiary/aromatic N) is 3. The molecule has 0 fully saturated rings. The first-order valence-corrected chi connectivity index (χ1v) is 8.11. The van der Waals surface area contributed by atoms with Crippen LogP contribution in [0.4, 0.5) is 17.1 Å². The zero-order chi connectivity index (χ0) is 20.3. The lowest BCUT2D eigenvalue weighted by molar-refractivity contribution is -0.404. The lowest BCUT2D eigenvalue weighted by atomic mass is 9.83. The number of benzene rings is 3. The van der Waals surface area contributed by atoms with Crippen LogP contribution in [-0.2, 0) is 0 Å². The highest BCUT2D eigenvalue weighted by Crippen LogP contribution is 2.44. The van der Waals surface area contributed by atoms with Crippen molar-refractivity contribution in [3.05, 3.63) is 120 Å². The van der Waals surface area contributed by atoms with Gasteiger partial charge in [0.05, 0.1) is 26.9 Å². The Balaban J connectivity index is 2.41. The fourth-order valence-electron chi connectivity index (χ4n) is 3.13. The fourth-order valence-corrected chi connectivity index (χ4v) is 3.13. The Morgan fingerprint density at radius 1 is 0.607 bits per heavy atom. The second-order valence-corrected chi connectivity index (χ2v) is 5.92. The largest absolute Gasteiger partial charge is 0.287 e. The molecule has 0 heterocycles. The standard InChI is InChI=1S/C19H13N3O6/c23-20(24)15-11-16(21(25)26)19(17(12-15)22(27)28)18(13-7-3-1-4-8-13)14-9-5-2-6-10-14/h1-12,18H. The van der Waals surface area contributed by atoms with Gasteiger partial charge in [0.25, 0.3) is 17.1 Å². The molecule has 0 aromatic heterocycles. The van der Waals surface area contributed by atoms with Gasteiger partial charge in [-0.05, 0) is 11.1 Å². The van der Waals surface area contributed by atoms with E-state index in [2.05, 4.69) is 0 Å². The van der Waals surface area contributed by atoms with Crippen molar-refractivity contribution in [2.24, 2.45) is 0 Å². The van der Waals surface area contributed by atoms with E-state index >= 15 is 0 Å². The van der Waals surface area contributed by atoms with Gasteiger partial charge in [0.2, 0.25) is 0 Å². The molecule has 9 heteroatoms. The maximum Gasteiger partial charge on any atom is 0.287 e. The molecule has 0 radical (unpaired) electrons. The van der Waals surface area contributed by atoms with Gasteiger partial charge in [-0.25, -0.2) is 0 Å². The summed E-state index contributed by atoms with van der Waals surface area (Å²) < 4.78 is 0. The summed E-state index contributed by atoms with van der Waals surface area (Å²) in [7, 11) is 0. The van der Waals surface area contributed by atoms with E-state index in [9.17, 15) is 30.3 Å². The van der Waals surface area contributed by atoms with Crippen LogP contribution in [0, 0.1) is 30.3 Å². The summed E-state index contributed by atoms with van der Waals surface area (Å²) in [6.45, 7) is 0. The van der Waals surface area contributed by atoms with Crippen LogP contribution in [0.5, 0.6) is 0 Å². The minimum atomic E-state index is -0.885. The number of nitro benzene ring substituents is 3. The third-order valence-corrected chi connectivity index (χ3v) is 4.28. The predicted molar refractivity (Wildman–Crippen MR) is 100 cm³/mol. The molecule has 0 aliphatic carbocycles. The molecule has 3 aromatic carbocycles. The number of hydrogen-bond donors (Lipinski definition) is 0. The van der Waals surface area contributed by atoms with Crippen LogP contribution < -0.4 is 0 Å². The topological polar surface area (TPSA) is 129 Å². The van der Waals surface area contributed by atoms with E-state index in [0.29, 0.717) is 11.1 Å². The van der Waals surface area contributed by atoms with Gasteiger partial charge in [-0.3, -0.25) is 30.3 Å². The van der Waals surface area contributed by atoms with E-state index in [1.165, 1.54) is 0 Å². The Morgan fingerprint density at radius 2 is 1.00 bits per heavy atom. The van der Waals surface area contributed by atoms with Crippen molar-refractivity contribution >= 4 is 17.1 Å². The maximum absolute atomic E-state index is 11.7. The fraction of sp³-hybridized carbons (Fsp3) is 0.0526. The molecule has 3 rings (SSSR count). The molecule has 28 heavy (non-hydrogen) atoms. The summed E-state index contributed by atoms with van der Waals surface area (Å²) in [4.78, 5) is 32.0. The molecule has 0 amide bonds. The maximum atomic E-state index is 11.7. The van der Waals surface area contributed by atoms with E-state index in [1.807, 2.05) is 0 Å². The Bertz CT molecular complexity index is 979. The molecule has 0 spiro atoms. The minimum Gasteiger partial charge on any atom is -0.258 e. The Hall–Kier alpha value is -4.14. The van der Waals surface area contributed by atoms with Gasteiger partial charge >= 0.3 is 0 Å². The lowest BCUT2D eigenvalue weighted by Crippen LogP contribution is -2.10. The number of non-ortho nitro benzene ring substituents is 1. The van der Waals surface area contributed by atoms with Crippen LogP contribution in [0.15, 0.2) is 72.8 Å². The molecule has 140 valence electrons. The molecule has 9 nitrogen and oxygen atoms in total. The van der Waals surface area contributed by atoms with Crippen molar-refractivity contribution < 1.29 is 14.8 Å². The van der Waals surface area contributed by atoms with E-state index in [1.54, 1.807) is 60.7 Å². The summed E-state index contributed by atoms with van der Waals surface area (Å²) in [6, 6.07) is 18.7. The highest BCUT2D eigenvalue weighted by atomic mass is 16.6. The number of nitro groups is 3. The Labute approximate surface area is 158 Å². The molecular weight excluding hydrogens is 366 g/mol. The van der Waals surface area contributed by atoms with Crippen molar-refractivity contribution in [3.63, 3.8) is 0 Å². The quantitative estimate of drug-likeness (QED) is 0.350. The first kappa shape index (κ1) is 18.6. The van der Waals surface area contributed by atoms with Gasteiger partial charge in [0.1, 0.15) is 5.56 Å². The molecule has 0 saturated heterocycles. The summed E-state index contributed by atoms with van der Waals surface area (Å²) in [6.07, 6.45) is 0. The van der Waals surface area contributed by atoms with Crippen molar-refractivity contribution in [1.29, 1.82) is 0 Å². The predicted octanol–water partition coefficient (Wildman–Crippen LogP) is 4.59. The Morgan fingerprint density at radius 3 is 1.32 bits per heavy atom. The second kappa shape index (κ2) is 7.62. The van der Waals surface area contributed by atoms with Gasteiger partial charge in [-0.15, -0.1) is 0 Å². The minimum absolute atomic E-state index is 0.196. The molecule has 0 aliphatic rings. The first-order valence-electron chi connectivity index (χ1n) is 8.11. The SMILES string of the molecule is O=[N+]([O-])c1cc([N+](=O)[O-])c(C(c2ccccc2)c2ccccc2)c([N+](=O)[O-])c1. The van der Waals surface area contributed by atoms with E-state index in [-0.39, 0.29) is 5.56 Å². The van der Waals surface area contributed by atoms with E-state index in [0.717, 1.165) is 12.1 Å². The number of hydrogen-bond acceptors (Lipinski definition) is 6. The number of rotatable bonds is 6. The lowest BCUT2D eigenvalue weighted by Gasteiger charge is -2.18. The molecule has 0 atom stereocenters. The third-order valence-electron chi connectivity index (χ3n) is 4.28. The molecule has 0 N–H and O–H groups in total. The van der Waals surface area contributed by atoms with Gasteiger partial charge in [-0.2, -0.15) is 0 Å². The van der Waals surface area contributed by atoms with Crippen molar-refractivity contribution in [1.82, 2.24) is 0 Å². The van der Waals surface area contributed by atoms with Gasteiger partial charge in [0, 0.05) is 5.92 Å². The average molecular weight is 379 g/mol. The van der Waals surface area contributed by atoms with Crippen LogP contribution in [0.3, 0.4) is 0 Å². The summed E-state index contributed by atoms with van der Waals surface area (Å²) >= 11 is 0. The monoisotopic (exact) mass is 379 g/mol. The Kier molecular flexibility index (Phi) is 5.07. The van der Waals surface area contributed by atoms with Crippen molar-refractivity contribution in [2.75, 3.05) is 0 Å². The first-order chi connectivity index (χ1) is 13.4. The molecular formula is C19H13N3O6. The van der Waals surface area contributed by atoms with Crippen molar-refractivity contribution in [2.45, 2.75) is 5.92 Å². The third kappa shape index (κ3) is 3.54. The van der Waals surface area contributed by atoms with E-state index < -0.39 is 37.7 Å². The molecule has 0 saturated carbocycles. The van der Waals surface area contributed by atoms with Crippen molar-refractivity contribution in [3.8, 4) is 0 Å². The molecule has 0 bridgehead atoms. The van der Waals surface area contributed by atoms with Gasteiger partial charge < -0.3 is 0 Å². The summed E-state index contributed by atoms with van der Waals surface area (Å²) in [5, 5.41) is 34.5. The summed E-state index contributed by atoms with van der Waals surface area (Å²) in [5.74, 6) is -0.844. The van der Waals surface area contributed by atoms with Gasteiger partial charge in [-0.1, -0.05) is 60.7 Å². The zero-order valence-electron chi connectivity index (χ0n) is 14.3. The van der Waals surface area contributed by atoms with Crippen LogP contribution in [-0.4, -0.2) is 14.8 Å². The van der Waals surface area contributed by atoms with Crippen LogP contribution in [0.1, 0.15) is 22.6 Å². The second-order valence-electron chi connectivity index (χ2n) is 5.92. The molecule has 0 aliphatic heterocycles. The average Bonchev–Trinajstić information content (AvgIpc) is 2.69. The normalized spacial score (nSPS) is 10.6. The zero-order valence-corrected chi connectivity index (χ0v) is 14.3. The molecule has 0 unspecified atom stereocenters. The highest BCUT2D eigenvalue weighted by molar-refractivity contribution is 5.66. The van der Waals surface area contributed by atoms with Crippen LogP contribution >= 0.6 is 0 Å². The van der Waals surface area contributed by atoms with E-state index in [4.69, 9.17) is 0 Å². The van der Waals surface area contributed by atoms with Crippen LogP contribution in [0.25, 0.3) is 0 Å². The van der Waals surface area contributed by atoms with Crippen LogP contribution in [0.2, 0.25) is 0 Å². The highest BCUT2D eigenvalue weighted by Gasteiger charge is 2.36. The molecule has 3 aromatic rings. The summed E-state index contributed by atoms with van der Waals surface area (Å²) in [5.41, 5.74) is -1.06. The van der Waals surface area contributed by atoms with Gasteiger partial charge in [0.15, 0.2) is 0 Å².